The van der Waals surface area contributed by atoms with Crippen LogP contribution in [0.5, 0.6) is 0 Å². The van der Waals surface area contributed by atoms with Gasteiger partial charge in [-0.05, 0) is 55.2 Å². The quantitative estimate of drug-likeness (QED) is 0.471. The van der Waals surface area contributed by atoms with Crippen molar-refractivity contribution in [3.8, 4) is 0 Å². The minimum absolute atomic E-state index is 0.0461. The van der Waals surface area contributed by atoms with Gasteiger partial charge in [-0.3, -0.25) is 0 Å². The van der Waals surface area contributed by atoms with Gasteiger partial charge in [0, 0.05) is 51.8 Å². The van der Waals surface area contributed by atoms with Crippen molar-refractivity contribution in [2.24, 2.45) is 11.8 Å². The molecule has 2 aromatic carbocycles. The van der Waals surface area contributed by atoms with Crippen LogP contribution in [0, 0.1) is 11.8 Å². The van der Waals surface area contributed by atoms with E-state index in [2.05, 4.69) is 31.9 Å². The molecule has 1 heterocycles. The molecule has 0 aromatic heterocycles. The zero-order valence-corrected chi connectivity index (χ0v) is 23.2. The molecule has 1 aliphatic heterocycles. The number of halogens is 3. The van der Waals surface area contributed by atoms with Gasteiger partial charge in [0.2, 0.25) is 10.0 Å². The lowest BCUT2D eigenvalue weighted by Gasteiger charge is -2.36. The Bertz CT molecular complexity index is 1120. The van der Waals surface area contributed by atoms with Gasteiger partial charge < -0.3 is 10.2 Å². The Morgan fingerprint density at radius 3 is 1.67 bits per heavy atom. The molecule has 1 aliphatic carbocycles. The summed E-state index contributed by atoms with van der Waals surface area (Å²) >= 11 is 6.38. The number of sulfonamides is 1. The maximum Gasteiger partial charge on any atom is 0.261 e. The van der Waals surface area contributed by atoms with Crippen LogP contribution in [0.1, 0.15) is 19.3 Å². The predicted molar refractivity (Wildman–Crippen MR) is 135 cm³/mol. The summed E-state index contributed by atoms with van der Waals surface area (Å²) in [5.41, 5.74) is 0. The third-order valence-corrected chi connectivity index (χ3v) is 9.34. The predicted octanol–water partition coefficient (Wildman–Crippen LogP) is 4.22. The van der Waals surface area contributed by atoms with Gasteiger partial charge in [0.05, 0.1) is 9.79 Å². The Morgan fingerprint density at radius 2 is 1.33 bits per heavy atom. The fraction of sp³-hybridized carbons (Fsp3) is 0.429. The molecule has 1 saturated carbocycles. The highest BCUT2D eigenvalue weighted by Gasteiger charge is 2.36. The number of hydrogen-bond acceptors (Lipinski definition) is 6. The number of nitrogens with zero attached hydrogens (tertiary/aromatic N) is 1. The highest BCUT2D eigenvalue weighted by atomic mass is 79.9. The average molecular weight is 648 g/mol. The van der Waals surface area contributed by atoms with Crippen LogP contribution in [0.25, 0.3) is 0 Å². The molecule has 12 heteroatoms. The molecule has 2 fully saturated rings. The van der Waals surface area contributed by atoms with Crippen molar-refractivity contribution in [3.05, 3.63) is 57.5 Å². The molecule has 2 aliphatic rings. The number of rotatable bonds is 5. The van der Waals surface area contributed by atoms with E-state index in [-0.39, 0.29) is 17.4 Å². The number of hydrogen-bond donors (Lipinski definition) is 2. The van der Waals surface area contributed by atoms with Gasteiger partial charge in [0.1, 0.15) is 0 Å². The molecule has 4 rings (SSSR count). The summed E-state index contributed by atoms with van der Waals surface area (Å²) in [7, 11) is -1.88. The Morgan fingerprint density at radius 1 is 0.848 bits per heavy atom. The van der Waals surface area contributed by atoms with Gasteiger partial charge in [-0.2, -0.15) is 4.31 Å². The van der Waals surface area contributed by atoms with Crippen LogP contribution in [0.2, 0.25) is 0 Å². The molecule has 0 radical (unpaired) electrons. The summed E-state index contributed by atoms with van der Waals surface area (Å²) in [6.07, 6.45) is 3.86. The molecule has 2 N–H and O–H groups in total. The van der Waals surface area contributed by atoms with Crippen LogP contribution in [0.4, 0.5) is 0 Å². The normalized spacial score (nSPS) is 17.0. The van der Waals surface area contributed by atoms with Gasteiger partial charge in [-0.25, -0.2) is 16.8 Å². The van der Waals surface area contributed by atoms with Gasteiger partial charge in [0.15, 0.2) is 0 Å². The fourth-order valence-corrected chi connectivity index (χ4v) is 6.44. The van der Waals surface area contributed by atoms with E-state index in [0.717, 1.165) is 4.47 Å². The third kappa shape index (κ3) is 8.88. The molecule has 0 unspecified atom stereocenters. The minimum Gasteiger partial charge on any atom is -0.396 e. The molecule has 2 aromatic rings. The van der Waals surface area contributed by atoms with Crippen molar-refractivity contribution in [3.63, 3.8) is 0 Å². The van der Waals surface area contributed by atoms with E-state index in [9.17, 15) is 16.8 Å². The van der Waals surface area contributed by atoms with Crippen LogP contribution in [0.15, 0.2) is 67.3 Å². The molecule has 7 nitrogen and oxygen atoms in total. The fourth-order valence-electron chi connectivity index (χ4n) is 2.90. The molecule has 184 valence electrons. The lowest BCUT2D eigenvalue weighted by molar-refractivity contribution is 0.117. The maximum absolute atomic E-state index is 12.1. The molecule has 33 heavy (non-hydrogen) atoms. The Kier molecular flexibility index (Phi) is 11.3. The number of aliphatic hydroxyl groups excluding tert-OH is 2. The van der Waals surface area contributed by atoms with E-state index in [1.165, 1.54) is 35.7 Å². The first kappa shape index (κ1) is 28.7. The monoisotopic (exact) mass is 645 g/mol. The van der Waals surface area contributed by atoms with Crippen molar-refractivity contribution in [1.29, 1.82) is 0 Å². The van der Waals surface area contributed by atoms with Crippen molar-refractivity contribution in [2.45, 2.75) is 29.1 Å². The van der Waals surface area contributed by atoms with Crippen molar-refractivity contribution < 1.29 is 27.0 Å². The van der Waals surface area contributed by atoms with Crippen molar-refractivity contribution >= 4 is 61.6 Å². The summed E-state index contributed by atoms with van der Waals surface area (Å²) in [6.45, 7) is 1.28. The summed E-state index contributed by atoms with van der Waals surface area (Å²) in [5.74, 6) is 0.756. The largest absolute Gasteiger partial charge is 0.396 e. The van der Waals surface area contributed by atoms with E-state index < -0.39 is 19.1 Å². The molecule has 0 spiro atoms. The Hall–Kier alpha value is -0.530. The zero-order valence-electron chi connectivity index (χ0n) is 17.6. The van der Waals surface area contributed by atoms with Gasteiger partial charge >= 0.3 is 0 Å². The molecule has 0 bridgehead atoms. The second-order valence-corrected chi connectivity index (χ2v) is 14.0. The summed E-state index contributed by atoms with van der Waals surface area (Å²) in [6, 6.07) is 12.9. The highest BCUT2D eigenvalue weighted by molar-refractivity contribution is 9.10. The van der Waals surface area contributed by atoms with E-state index in [1.807, 2.05) is 0 Å². The van der Waals surface area contributed by atoms with Crippen LogP contribution in [0.3, 0.4) is 0 Å². The zero-order chi connectivity index (χ0) is 24.6. The van der Waals surface area contributed by atoms with E-state index in [0.29, 0.717) is 35.0 Å². The van der Waals surface area contributed by atoms with Crippen LogP contribution < -0.4 is 0 Å². The highest BCUT2D eigenvalue weighted by Crippen LogP contribution is 2.26. The van der Waals surface area contributed by atoms with Crippen molar-refractivity contribution in [1.82, 2.24) is 4.31 Å². The van der Waals surface area contributed by atoms with E-state index >= 15 is 0 Å². The molecular formula is C21H26Br2ClNO6S2. The SMILES string of the molecule is O=S(=O)(Cl)c1cccc(Br)c1.O=S(=O)(c1cccc(Br)c1)N1CC(CO)C1.OCC1CCC1. The van der Waals surface area contributed by atoms with Crippen LogP contribution >= 0.6 is 42.5 Å². The van der Waals surface area contributed by atoms with E-state index in [1.54, 1.807) is 36.4 Å². The molecule has 0 atom stereocenters. The summed E-state index contributed by atoms with van der Waals surface area (Å²) in [5, 5.41) is 17.2. The molecule has 1 saturated heterocycles. The minimum atomic E-state index is -3.58. The summed E-state index contributed by atoms with van der Waals surface area (Å²) < 4.78 is 48.4. The topological polar surface area (TPSA) is 112 Å². The van der Waals surface area contributed by atoms with E-state index in [4.69, 9.17) is 20.9 Å². The first-order valence-electron chi connectivity index (χ1n) is 10.1. The lowest BCUT2D eigenvalue weighted by Crippen LogP contribution is -2.51. The second kappa shape index (κ2) is 13.0. The van der Waals surface area contributed by atoms with Gasteiger partial charge in [-0.15, -0.1) is 0 Å². The number of aliphatic hydroxyl groups is 2. The lowest BCUT2D eigenvalue weighted by atomic mass is 9.86. The first-order valence-corrected chi connectivity index (χ1v) is 15.5. The molecule has 0 amide bonds. The smallest absolute Gasteiger partial charge is 0.261 e. The second-order valence-electron chi connectivity index (χ2n) is 7.70. The Balaban J connectivity index is 0.000000195. The maximum atomic E-state index is 12.1. The Labute approximate surface area is 216 Å². The number of benzene rings is 2. The third-order valence-electron chi connectivity index (χ3n) is 5.18. The van der Waals surface area contributed by atoms with Gasteiger partial charge in [0.25, 0.3) is 9.05 Å². The average Bonchev–Trinajstić information content (AvgIpc) is 2.66. The molecular weight excluding hydrogens is 622 g/mol. The van der Waals surface area contributed by atoms with Gasteiger partial charge in [-0.1, -0.05) is 50.4 Å². The standard InChI is InChI=1S/C10H12BrNO3S.C6H4BrClO2S.C5H10O/c11-9-2-1-3-10(4-9)16(14,15)12-5-8(6-12)7-13;7-5-2-1-3-6(4-5)11(8,9)10;6-4-5-2-1-3-5/h1-4,8,13H,5-7H2;1-4H;5-6H,1-4H2. The van der Waals surface area contributed by atoms with Crippen LogP contribution in [-0.4, -0.2) is 57.7 Å². The van der Waals surface area contributed by atoms with Crippen LogP contribution in [-0.2, 0) is 19.1 Å². The first-order chi connectivity index (χ1) is 15.5. The van der Waals surface area contributed by atoms with Crippen molar-refractivity contribution in [2.75, 3.05) is 26.3 Å². The summed E-state index contributed by atoms with van der Waals surface area (Å²) in [4.78, 5) is 0.395.